The summed E-state index contributed by atoms with van der Waals surface area (Å²) < 4.78 is 5.38. The van der Waals surface area contributed by atoms with E-state index in [1.54, 1.807) is 14.1 Å². The fraction of sp³-hybridized carbons (Fsp3) is 0.917. The van der Waals surface area contributed by atoms with E-state index in [0.29, 0.717) is 12.5 Å². The predicted molar refractivity (Wildman–Crippen MR) is 126 cm³/mol. The summed E-state index contributed by atoms with van der Waals surface area (Å²) in [6.45, 7) is 23.7. The molecule has 0 heterocycles. The Morgan fingerprint density at radius 2 is 1.31 bits per heavy atom. The van der Waals surface area contributed by atoms with Gasteiger partial charge in [-0.05, 0) is 25.7 Å². The molecule has 0 radical (unpaired) electrons. The summed E-state index contributed by atoms with van der Waals surface area (Å²) in [5.41, 5.74) is 0. The standard InChI is InChI=1S/C20H40N2O3.2C2H6/c1-10-17(11-2)16(7)22(12-3)19(23)15(6)18(14(4)5)13-25-20(24)21(8)9;2*1-2/h14-18H,10-13H2,1-9H3;2*1-2H3. The third-order valence-electron chi connectivity index (χ3n) is 5.50. The van der Waals surface area contributed by atoms with Gasteiger partial charge in [-0.1, -0.05) is 75.2 Å². The number of amides is 2. The monoisotopic (exact) mass is 416 g/mol. The molecule has 29 heavy (non-hydrogen) atoms. The molecule has 0 rings (SSSR count). The smallest absolute Gasteiger partial charge is 0.409 e. The Bertz CT molecular complexity index is 407. The van der Waals surface area contributed by atoms with Gasteiger partial charge in [-0.3, -0.25) is 4.79 Å². The Morgan fingerprint density at radius 1 is 0.862 bits per heavy atom. The van der Waals surface area contributed by atoms with Gasteiger partial charge in [0.2, 0.25) is 5.91 Å². The van der Waals surface area contributed by atoms with Crippen molar-refractivity contribution in [2.45, 2.75) is 95.0 Å². The van der Waals surface area contributed by atoms with Crippen LogP contribution in [0, 0.1) is 23.7 Å². The molecule has 5 nitrogen and oxygen atoms in total. The molecule has 2 amide bonds. The highest BCUT2D eigenvalue weighted by Crippen LogP contribution is 2.26. The molecule has 0 aliphatic carbocycles. The SMILES string of the molecule is CC.CC.CCC(CC)C(C)N(CC)C(=O)C(C)C(COC(=O)N(C)C)C(C)C. The summed E-state index contributed by atoms with van der Waals surface area (Å²) in [4.78, 5) is 28.3. The van der Waals surface area contributed by atoms with Crippen molar-refractivity contribution in [1.82, 2.24) is 9.80 Å². The Morgan fingerprint density at radius 3 is 1.62 bits per heavy atom. The summed E-state index contributed by atoms with van der Waals surface area (Å²) >= 11 is 0. The van der Waals surface area contributed by atoms with Crippen LogP contribution in [0.25, 0.3) is 0 Å². The number of hydrogen-bond donors (Lipinski definition) is 0. The zero-order chi connectivity index (χ0) is 23.7. The van der Waals surface area contributed by atoms with E-state index in [1.165, 1.54) is 4.90 Å². The summed E-state index contributed by atoms with van der Waals surface area (Å²) in [5, 5.41) is 0. The molecular weight excluding hydrogens is 364 g/mol. The maximum Gasteiger partial charge on any atom is 0.409 e. The van der Waals surface area contributed by atoms with Crippen molar-refractivity contribution in [2.24, 2.45) is 23.7 Å². The van der Waals surface area contributed by atoms with E-state index in [9.17, 15) is 9.59 Å². The lowest BCUT2D eigenvalue weighted by atomic mass is 9.83. The molecule has 0 fully saturated rings. The number of carbonyl (C=O) groups is 2. The minimum Gasteiger partial charge on any atom is -0.449 e. The summed E-state index contributed by atoms with van der Waals surface area (Å²) in [7, 11) is 3.33. The lowest BCUT2D eigenvalue weighted by Crippen LogP contribution is -2.47. The highest BCUT2D eigenvalue weighted by molar-refractivity contribution is 5.79. The molecule has 176 valence electrons. The van der Waals surface area contributed by atoms with Crippen LogP contribution in [0.5, 0.6) is 0 Å². The molecule has 3 unspecified atom stereocenters. The molecular formula is C24H52N2O3. The summed E-state index contributed by atoms with van der Waals surface area (Å²) in [6.07, 6.45) is 1.79. The first-order valence-electron chi connectivity index (χ1n) is 11.8. The van der Waals surface area contributed by atoms with Crippen LogP contribution >= 0.6 is 0 Å². The minimum atomic E-state index is -0.358. The van der Waals surface area contributed by atoms with Gasteiger partial charge in [-0.15, -0.1) is 0 Å². The maximum atomic E-state index is 13.2. The van der Waals surface area contributed by atoms with Gasteiger partial charge in [-0.2, -0.15) is 0 Å². The van der Waals surface area contributed by atoms with Gasteiger partial charge in [0.05, 0.1) is 6.61 Å². The Labute approximate surface area is 182 Å². The van der Waals surface area contributed by atoms with Crippen molar-refractivity contribution in [3.63, 3.8) is 0 Å². The van der Waals surface area contributed by atoms with Crippen LogP contribution in [0.1, 0.15) is 89.0 Å². The minimum absolute atomic E-state index is 0.0133. The van der Waals surface area contributed by atoms with E-state index >= 15 is 0 Å². The van der Waals surface area contributed by atoms with Crippen LogP contribution in [-0.4, -0.2) is 55.1 Å². The van der Waals surface area contributed by atoms with Gasteiger partial charge in [-0.25, -0.2) is 4.79 Å². The van der Waals surface area contributed by atoms with E-state index in [1.807, 2.05) is 46.4 Å². The van der Waals surface area contributed by atoms with Gasteiger partial charge >= 0.3 is 6.09 Å². The van der Waals surface area contributed by atoms with Crippen LogP contribution in [0.3, 0.4) is 0 Å². The first kappa shape index (κ1) is 32.4. The number of hydrogen-bond acceptors (Lipinski definition) is 3. The zero-order valence-corrected chi connectivity index (χ0v) is 21.8. The van der Waals surface area contributed by atoms with Crippen molar-refractivity contribution >= 4 is 12.0 Å². The number of carbonyl (C=O) groups excluding carboxylic acids is 2. The Kier molecular flexibility index (Phi) is 21.0. The van der Waals surface area contributed by atoms with Crippen molar-refractivity contribution in [2.75, 3.05) is 27.2 Å². The largest absolute Gasteiger partial charge is 0.449 e. The molecule has 0 aliphatic rings. The van der Waals surface area contributed by atoms with Crippen molar-refractivity contribution < 1.29 is 14.3 Å². The molecule has 5 heteroatoms. The second-order valence-electron chi connectivity index (χ2n) is 7.61. The average molecular weight is 417 g/mol. The zero-order valence-electron chi connectivity index (χ0n) is 21.8. The first-order valence-corrected chi connectivity index (χ1v) is 11.8. The van der Waals surface area contributed by atoms with Gasteiger partial charge in [0.15, 0.2) is 0 Å². The van der Waals surface area contributed by atoms with E-state index in [0.717, 1.165) is 12.8 Å². The molecule has 0 aromatic carbocycles. The quantitative estimate of drug-likeness (QED) is 0.419. The van der Waals surface area contributed by atoms with Crippen LogP contribution in [-0.2, 0) is 9.53 Å². The van der Waals surface area contributed by atoms with E-state index < -0.39 is 0 Å². The molecule has 0 aliphatic heterocycles. The number of rotatable bonds is 10. The third kappa shape index (κ3) is 11.5. The summed E-state index contributed by atoms with van der Waals surface area (Å²) in [5.74, 6) is 0.781. The van der Waals surface area contributed by atoms with Gasteiger partial charge in [0.1, 0.15) is 0 Å². The van der Waals surface area contributed by atoms with Gasteiger partial charge < -0.3 is 14.5 Å². The second-order valence-corrected chi connectivity index (χ2v) is 7.61. The Balaban J connectivity index is -0.00000158. The van der Waals surface area contributed by atoms with Crippen molar-refractivity contribution in [1.29, 1.82) is 0 Å². The van der Waals surface area contributed by atoms with Crippen molar-refractivity contribution in [3.8, 4) is 0 Å². The molecule has 0 aromatic rings. The lowest BCUT2D eigenvalue weighted by molar-refractivity contribution is -0.141. The topological polar surface area (TPSA) is 49.9 Å². The van der Waals surface area contributed by atoms with Crippen molar-refractivity contribution in [3.05, 3.63) is 0 Å². The molecule has 0 spiro atoms. The molecule has 0 aromatic heterocycles. The predicted octanol–water partition coefficient (Wildman–Crippen LogP) is 6.32. The van der Waals surface area contributed by atoms with Gasteiger partial charge in [0, 0.05) is 38.5 Å². The number of ether oxygens (including phenoxy) is 1. The fourth-order valence-electron chi connectivity index (χ4n) is 3.53. The molecule has 3 atom stereocenters. The second kappa shape index (κ2) is 18.7. The van der Waals surface area contributed by atoms with Crippen LogP contribution in [0.4, 0.5) is 4.79 Å². The van der Waals surface area contributed by atoms with Gasteiger partial charge in [0.25, 0.3) is 0 Å². The van der Waals surface area contributed by atoms with Crippen LogP contribution in [0.15, 0.2) is 0 Å². The average Bonchev–Trinajstić information content (AvgIpc) is 2.71. The molecule has 0 bridgehead atoms. The van der Waals surface area contributed by atoms with E-state index in [2.05, 4.69) is 34.6 Å². The van der Waals surface area contributed by atoms with E-state index in [4.69, 9.17) is 4.74 Å². The molecule has 0 saturated carbocycles. The summed E-state index contributed by atoms with van der Waals surface area (Å²) in [6, 6.07) is 0.229. The normalized spacial score (nSPS) is 13.3. The lowest BCUT2D eigenvalue weighted by Gasteiger charge is -2.37. The first-order chi connectivity index (χ1) is 13.6. The van der Waals surface area contributed by atoms with Crippen LogP contribution in [0.2, 0.25) is 0 Å². The highest BCUT2D eigenvalue weighted by atomic mass is 16.6. The van der Waals surface area contributed by atoms with E-state index in [-0.39, 0.29) is 42.4 Å². The van der Waals surface area contributed by atoms with Crippen LogP contribution < -0.4 is 0 Å². The highest BCUT2D eigenvalue weighted by Gasteiger charge is 2.33. The third-order valence-corrected chi connectivity index (χ3v) is 5.50. The number of nitrogens with zero attached hydrogens (tertiary/aromatic N) is 2. The molecule has 0 saturated heterocycles. The maximum absolute atomic E-state index is 13.2. The Hall–Kier alpha value is -1.26. The molecule has 0 N–H and O–H groups in total. The fourth-order valence-corrected chi connectivity index (χ4v) is 3.53.